The van der Waals surface area contributed by atoms with E-state index in [2.05, 4.69) is 14.9 Å². The third-order valence-corrected chi connectivity index (χ3v) is 8.48. The third kappa shape index (κ3) is 5.61. The molecule has 12 nitrogen and oxygen atoms in total. The number of hydrogen-bond acceptors (Lipinski definition) is 6. The molecule has 0 radical (unpaired) electrons. The zero-order chi connectivity index (χ0) is 32.1. The quantitative estimate of drug-likeness (QED) is 0.221. The lowest BCUT2D eigenvalue weighted by Gasteiger charge is -2.30. The number of carbonyl (C=O) groups is 2. The van der Waals surface area contributed by atoms with E-state index in [-0.39, 0.29) is 25.5 Å². The van der Waals surface area contributed by atoms with Crippen LogP contribution in [0.2, 0.25) is 0 Å². The predicted octanol–water partition coefficient (Wildman–Crippen LogP) is 4.31. The summed E-state index contributed by atoms with van der Waals surface area (Å²) in [4.78, 5) is 39.0. The summed E-state index contributed by atoms with van der Waals surface area (Å²) in [7, 11) is 1.85. The van der Waals surface area contributed by atoms with E-state index < -0.39 is 31.1 Å². The van der Waals surface area contributed by atoms with E-state index in [1.807, 2.05) is 23.7 Å². The molecule has 1 saturated carbocycles. The smallest absolute Gasteiger partial charge is 0.405 e. The summed E-state index contributed by atoms with van der Waals surface area (Å²) in [6.45, 7) is -0.329. The Labute approximate surface area is 260 Å². The standard InChI is InChI=1S/C31H31F3N8O4/c1-39-28-22(10-20-21(37-28)7-8-41(30(20)43)13-19(11-32)36-31(44)45)38-29(39)23-9-18-3-2-4-24(27(18)42(23)12-17-5-6-17)46-26(34)15-40-14-25(33)35-16-40/h2-4,9-10,14,16-17,19,26,36H,5-8,11-13,15H2,1H3,(H,44,45). The number of para-hydroxylation sites is 1. The fraction of sp³-hybridized carbons (Fsp3) is 0.387. The normalized spacial score (nSPS) is 16.2. The summed E-state index contributed by atoms with van der Waals surface area (Å²) < 4.78 is 52.9. The Hall–Kier alpha value is -5.08. The van der Waals surface area contributed by atoms with Gasteiger partial charge in [-0.15, -0.1) is 0 Å². The van der Waals surface area contributed by atoms with Crippen molar-refractivity contribution in [2.45, 2.75) is 44.8 Å². The Morgan fingerprint density at radius 1 is 1.22 bits per heavy atom. The maximum Gasteiger partial charge on any atom is 0.405 e. The second-order valence-electron chi connectivity index (χ2n) is 11.8. The van der Waals surface area contributed by atoms with Gasteiger partial charge in [-0.2, -0.15) is 8.78 Å². The first-order chi connectivity index (χ1) is 22.2. The van der Waals surface area contributed by atoms with Crippen LogP contribution in [-0.4, -0.2) is 82.8 Å². The van der Waals surface area contributed by atoms with Gasteiger partial charge in [0.1, 0.15) is 17.9 Å². The van der Waals surface area contributed by atoms with Crippen molar-refractivity contribution >= 4 is 34.1 Å². The number of fused-ring (bicyclic) bond motifs is 3. The first kappa shape index (κ1) is 29.6. The average molecular weight is 637 g/mol. The zero-order valence-corrected chi connectivity index (χ0v) is 24.9. The van der Waals surface area contributed by atoms with Crippen molar-refractivity contribution < 1.29 is 32.6 Å². The van der Waals surface area contributed by atoms with Gasteiger partial charge >= 0.3 is 6.09 Å². The van der Waals surface area contributed by atoms with Gasteiger partial charge < -0.3 is 33.8 Å². The molecule has 5 heterocycles. The molecule has 2 aliphatic rings. The highest BCUT2D eigenvalue weighted by molar-refractivity contribution is 5.99. The number of ether oxygens (including phenoxy) is 1. The van der Waals surface area contributed by atoms with E-state index in [1.54, 1.807) is 18.2 Å². The van der Waals surface area contributed by atoms with E-state index >= 15 is 4.39 Å². The van der Waals surface area contributed by atoms with Crippen LogP contribution in [0.3, 0.4) is 0 Å². The number of aromatic nitrogens is 6. The van der Waals surface area contributed by atoms with Crippen LogP contribution in [0.1, 0.15) is 28.9 Å². The minimum atomic E-state index is -1.75. The van der Waals surface area contributed by atoms with Crippen LogP contribution < -0.4 is 10.1 Å². The highest BCUT2D eigenvalue weighted by atomic mass is 19.1. The second kappa shape index (κ2) is 11.7. The summed E-state index contributed by atoms with van der Waals surface area (Å²) in [5.74, 6) is 0.336. The number of hydrogen-bond donors (Lipinski definition) is 2. The Balaban J connectivity index is 1.24. The first-order valence-electron chi connectivity index (χ1n) is 15.0. The number of aryl methyl sites for hydroxylation is 1. The topological polar surface area (TPSA) is 132 Å². The molecule has 5 aromatic rings. The molecule has 2 N–H and O–H groups in total. The number of pyridine rings is 1. The molecule has 240 valence electrons. The number of benzene rings is 1. The minimum Gasteiger partial charge on any atom is -0.465 e. The number of carboxylic acid groups (broad SMARTS) is 1. The van der Waals surface area contributed by atoms with Gasteiger partial charge in [0.2, 0.25) is 5.95 Å². The van der Waals surface area contributed by atoms with Crippen LogP contribution >= 0.6 is 0 Å². The van der Waals surface area contributed by atoms with Crippen LogP contribution in [0.4, 0.5) is 18.0 Å². The minimum absolute atomic E-state index is 0.1000. The van der Waals surface area contributed by atoms with E-state index in [0.29, 0.717) is 58.4 Å². The van der Waals surface area contributed by atoms with Gasteiger partial charge in [0, 0.05) is 38.5 Å². The van der Waals surface area contributed by atoms with Crippen molar-refractivity contribution in [1.29, 1.82) is 0 Å². The molecule has 46 heavy (non-hydrogen) atoms. The molecule has 1 aliphatic carbocycles. The van der Waals surface area contributed by atoms with Crippen molar-refractivity contribution in [2.24, 2.45) is 13.0 Å². The third-order valence-electron chi connectivity index (χ3n) is 8.48. The molecule has 2 amide bonds. The molecule has 0 spiro atoms. The Bertz CT molecular complexity index is 1970. The number of nitrogens with one attached hydrogen (secondary N) is 1. The molecule has 0 saturated heterocycles. The molecule has 4 aromatic heterocycles. The number of rotatable bonds is 11. The van der Waals surface area contributed by atoms with Crippen molar-refractivity contribution in [3.63, 3.8) is 0 Å². The Kier molecular flexibility index (Phi) is 7.53. The fourth-order valence-corrected chi connectivity index (χ4v) is 6.11. The second-order valence-corrected chi connectivity index (χ2v) is 11.8. The van der Waals surface area contributed by atoms with E-state index in [4.69, 9.17) is 19.8 Å². The van der Waals surface area contributed by atoms with Crippen LogP contribution in [0.25, 0.3) is 33.6 Å². The number of nitrogens with zero attached hydrogens (tertiary/aromatic N) is 7. The largest absolute Gasteiger partial charge is 0.465 e. The van der Waals surface area contributed by atoms with Gasteiger partial charge in [0.25, 0.3) is 12.3 Å². The summed E-state index contributed by atoms with van der Waals surface area (Å²) in [5.41, 5.74) is 3.51. The Morgan fingerprint density at radius 3 is 2.76 bits per heavy atom. The van der Waals surface area contributed by atoms with Crippen LogP contribution in [0.5, 0.6) is 5.75 Å². The maximum absolute atomic E-state index is 15.1. The van der Waals surface area contributed by atoms with E-state index in [1.165, 1.54) is 15.8 Å². The molecular formula is C31H31F3N8O4. The van der Waals surface area contributed by atoms with E-state index in [0.717, 1.165) is 30.1 Å². The average Bonchev–Trinajstić information content (AvgIpc) is 3.51. The number of carbonyl (C=O) groups excluding carboxylic acids is 1. The SMILES string of the molecule is Cn1c(-c2cc3cccc(OC(F)Cn4cnc(F)c4)c3n2CC2CC2)nc2cc3c(nc21)CCN(CC(CF)NC(=O)O)C3=O. The number of alkyl halides is 2. The van der Waals surface area contributed by atoms with Crippen molar-refractivity contribution in [3.05, 3.63) is 60.1 Å². The maximum atomic E-state index is 15.1. The summed E-state index contributed by atoms with van der Waals surface area (Å²) in [5, 5.41) is 11.9. The highest BCUT2D eigenvalue weighted by Crippen LogP contribution is 2.39. The van der Waals surface area contributed by atoms with Gasteiger partial charge in [-0.05, 0) is 37.0 Å². The van der Waals surface area contributed by atoms with Gasteiger partial charge in [0.05, 0.1) is 47.6 Å². The molecular weight excluding hydrogens is 605 g/mol. The van der Waals surface area contributed by atoms with Crippen LogP contribution in [0.15, 0.2) is 42.9 Å². The lowest BCUT2D eigenvalue weighted by atomic mass is 10.0. The summed E-state index contributed by atoms with van der Waals surface area (Å²) >= 11 is 0. The predicted molar refractivity (Wildman–Crippen MR) is 160 cm³/mol. The molecule has 0 bridgehead atoms. The van der Waals surface area contributed by atoms with Crippen molar-refractivity contribution in [3.8, 4) is 17.3 Å². The molecule has 1 aromatic carbocycles. The lowest BCUT2D eigenvalue weighted by molar-refractivity contribution is 0.0522. The lowest BCUT2D eigenvalue weighted by Crippen LogP contribution is -2.48. The highest BCUT2D eigenvalue weighted by Gasteiger charge is 2.31. The van der Waals surface area contributed by atoms with Gasteiger partial charge in [-0.25, -0.2) is 24.1 Å². The molecule has 2 atom stereocenters. The van der Waals surface area contributed by atoms with Crippen molar-refractivity contribution in [2.75, 3.05) is 19.8 Å². The molecule has 15 heteroatoms. The van der Waals surface area contributed by atoms with Crippen LogP contribution in [-0.2, 0) is 26.6 Å². The zero-order valence-electron chi connectivity index (χ0n) is 24.9. The summed E-state index contributed by atoms with van der Waals surface area (Å²) in [6.07, 6.45) is 1.76. The number of imidazole rings is 2. The van der Waals surface area contributed by atoms with Gasteiger partial charge in [-0.1, -0.05) is 12.1 Å². The monoisotopic (exact) mass is 636 g/mol. The Morgan fingerprint density at radius 2 is 2.04 bits per heavy atom. The molecule has 1 fully saturated rings. The van der Waals surface area contributed by atoms with Gasteiger partial charge in [0.15, 0.2) is 11.5 Å². The van der Waals surface area contributed by atoms with Crippen molar-refractivity contribution in [1.82, 2.24) is 38.9 Å². The van der Waals surface area contributed by atoms with E-state index in [9.17, 15) is 18.4 Å². The number of amides is 2. The number of halogens is 3. The molecule has 1 aliphatic heterocycles. The molecule has 2 unspecified atom stereocenters. The molecule has 7 rings (SSSR count). The summed E-state index contributed by atoms with van der Waals surface area (Å²) in [6, 6.07) is 8.03. The van der Waals surface area contributed by atoms with Crippen LogP contribution in [0, 0.1) is 11.9 Å². The first-order valence-corrected chi connectivity index (χ1v) is 15.0. The van der Waals surface area contributed by atoms with Gasteiger partial charge in [-0.3, -0.25) is 4.79 Å². The fourth-order valence-electron chi connectivity index (χ4n) is 6.11.